The summed E-state index contributed by atoms with van der Waals surface area (Å²) in [5.74, 6) is 0.188. The largest absolute Gasteiger partial charge is 0.299 e. The predicted molar refractivity (Wildman–Crippen MR) is 52.9 cm³/mol. The van der Waals surface area contributed by atoms with Gasteiger partial charge in [-0.1, -0.05) is 43.0 Å². The van der Waals surface area contributed by atoms with E-state index < -0.39 is 0 Å². The lowest BCUT2D eigenvalue weighted by atomic mass is 10.2. The smallest absolute Gasteiger partial charge is 0.140 e. The highest BCUT2D eigenvalue weighted by molar-refractivity contribution is 5.81. The third-order valence-corrected chi connectivity index (χ3v) is 1.21. The van der Waals surface area contributed by atoms with Gasteiger partial charge in [0.05, 0.1) is 0 Å². The molecule has 0 fully saturated rings. The Hall–Kier alpha value is -1.37. The number of allylic oxidation sites excluding steroid dienone is 6. The second-order valence-corrected chi connectivity index (χ2v) is 2.28. The zero-order chi connectivity index (χ0) is 9.23. The molecule has 1 nitrogen and oxygen atoms in total. The van der Waals surface area contributed by atoms with E-state index in [2.05, 4.69) is 13.2 Å². The lowest BCUT2D eigenvalue weighted by Crippen LogP contribution is -1.91. The fourth-order valence-corrected chi connectivity index (χ4v) is 0.665. The van der Waals surface area contributed by atoms with Crippen LogP contribution in [-0.2, 0) is 4.79 Å². The van der Waals surface area contributed by atoms with Crippen LogP contribution in [-0.4, -0.2) is 5.78 Å². The molecule has 0 saturated carbocycles. The van der Waals surface area contributed by atoms with Crippen LogP contribution < -0.4 is 0 Å². The lowest BCUT2D eigenvalue weighted by molar-refractivity contribution is -0.117. The van der Waals surface area contributed by atoms with E-state index in [0.717, 1.165) is 0 Å². The minimum Gasteiger partial charge on any atom is -0.299 e. The van der Waals surface area contributed by atoms with Crippen LogP contribution in [0.1, 0.15) is 12.8 Å². The van der Waals surface area contributed by atoms with E-state index >= 15 is 0 Å². The maximum Gasteiger partial charge on any atom is 0.140 e. The molecule has 0 aliphatic heterocycles. The van der Waals surface area contributed by atoms with Gasteiger partial charge in [-0.3, -0.25) is 4.79 Å². The van der Waals surface area contributed by atoms with Crippen molar-refractivity contribution in [3.63, 3.8) is 0 Å². The van der Waals surface area contributed by atoms with Gasteiger partial charge < -0.3 is 0 Å². The summed E-state index contributed by atoms with van der Waals surface area (Å²) in [6.45, 7) is 7.01. The highest BCUT2D eigenvalue weighted by Crippen LogP contribution is 1.92. The van der Waals surface area contributed by atoms with Gasteiger partial charge in [-0.2, -0.15) is 0 Å². The van der Waals surface area contributed by atoms with Crippen LogP contribution in [0.5, 0.6) is 0 Å². The number of Topliss-reactive ketones (excluding diaryl/α,β-unsaturated/α-hetero) is 1. The van der Waals surface area contributed by atoms with Crippen LogP contribution in [0.15, 0.2) is 49.6 Å². The molecule has 0 rings (SSSR count). The minimum atomic E-state index is 0.188. The van der Waals surface area contributed by atoms with E-state index in [1.807, 2.05) is 24.3 Å². The molecule has 0 aliphatic carbocycles. The Kier molecular flexibility index (Phi) is 6.85. The van der Waals surface area contributed by atoms with Gasteiger partial charge in [-0.05, 0) is 0 Å². The molecule has 0 atom stereocenters. The summed E-state index contributed by atoms with van der Waals surface area (Å²) in [7, 11) is 0. The van der Waals surface area contributed by atoms with E-state index in [0.29, 0.717) is 12.8 Å². The Morgan fingerprint density at radius 3 is 2.42 bits per heavy atom. The Labute approximate surface area is 73.8 Å². The number of hydrogen-bond donors (Lipinski definition) is 0. The van der Waals surface area contributed by atoms with Crippen LogP contribution in [0, 0.1) is 0 Å². The van der Waals surface area contributed by atoms with E-state index in [1.165, 1.54) is 0 Å². The number of ketones is 1. The van der Waals surface area contributed by atoms with Crippen molar-refractivity contribution in [1.29, 1.82) is 0 Å². The van der Waals surface area contributed by atoms with Crippen LogP contribution in [0.2, 0.25) is 0 Å². The molecular formula is C11H14O. The topological polar surface area (TPSA) is 17.1 Å². The van der Waals surface area contributed by atoms with Gasteiger partial charge in [-0.25, -0.2) is 0 Å². The molecule has 0 spiro atoms. The highest BCUT2D eigenvalue weighted by atomic mass is 16.1. The maximum atomic E-state index is 10.9. The second kappa shape index (κ2) is 7.73. The summed E-state index contributed by atoms with van der Waals surface area (Å²) >= 11 is 0. The van der Waals surface area contributed by atoms with Gasteiger partial charge in [0.15, 0.2) is 0 Å². The highest BCUT2D eigenvalue weighted by Gasteiger charge is 1.92. The monoisotopic (exact) mass is 162 g/mol. The van der Waals surface area contributed by atoms with Crippen LogP contribution in [0.3, 0.4) is 0 Å². The zero-order valence-electron chi connectivity index (χ0n) is 7.20. The minimum absolute atomic E-state index is 0.188. The molecule has 0 aliphatic rings. The Bertz CT molecular complexity index is 209. The molecule has 0 bridgehead atoms. The number of carbonyl (C=O) groups excluding carboxylic acids is 1. The van der Waals surface area contributed by atoms with Gasteiger partial charge in [0.1, 0.15) is 5.78 Å². The summed E-state index contributed by atoms with van der Waals surface area (Å²) in [5.41, 5.74) is 0. The third-order valence-electron chi connectivity index (χ3n) is 1.21. The molecule has 0 aromatic carbocycles. The SMILES string of the molecule is C=CC=CC=CCC(=O)CC=C. The summed E-state index contributed by atoms with van der Waals surface area (Å²) in [6.07, 6.45) is 11.6. The summed E-state index contributed by atoms with van der Waals surface area (Å²) in [4.78, 5) is 10.9. The van der Waals surface area contributed by atoms with Gasteiger partial charge in [0.25, 0.3) is 0 Å². The Balaban J connectivity index is 3.59. The van der Waals surface area contributed by atoms with Crippen LogP contribution in [0.25, 0.3) is 0 Å². The maximum absolute atomic E-state index is 10.9. The van der Waals surface area contributed by atoms with E-state index in [-0.39, 0.29) is 5.78 Å². The first-order valence-corrected chi connectivity index (χ1v) is 3.88. The average molecular weight is 162 g/mol. The molecule has 0 aromatic rings. The van der Waals surface area contributed by atoms with E-state index in [1.54, 1.807) is 12.2 Å². The molecule has 64 valence electrons. The standard InChI is InChI=1S/C11H14O/c1-3-5-6-7-8-10-11(12)9-4-2/h3-8H,1-2,9-10H2. The van der Waals surface area contributed by atoms with Gasteiger partial charge >= 0.3 is 0 Å². The molecule has 12 heavy (non-hydrogen) atoms. The third kappa shape index (κ3) is 6.75. The fraction of sp³-hybridized carbons (Fsp3) is 0.182. The lowest BCUT2D eigenvalue weighted by Gasteiger charge is -1.87. The summed E-state index contributed by atoms with van der Waals surface area (Å²) < 4.78 is 0. The van der Waals surface area contributed by atoms with Crippen LogP contribution in [0.4, 0.5) is 0 Å². The van der Waals surface area contributed by atoms with E-state index in [9.17, 15) is 4.79 Å². The Morgan fingerprint density at radius 1 is 1.08 bits per heavy atom. The van der Waals surface area contributed by atoms with Gasteiger partial charge in [0.2, 0.25) is 0 Å². The van der Waals surface area contributed by atoms with Crippen LogP contribution >= 0.6 is 0 Å². The first-order chi connectivity index (χ1) is 5.81. The van der Waals surface area contributed by atoms with Crippen molar-refractivity contribution in [3.05, 3.63) is 49.6 Å². The van der Waals surface area contributed by atoms with Gasteiger partial charge in [-0.15, -0.1) is 6.58 Å². The number of carbonyl (C=O) groups is 1. The molecule has 0 saturated heterocycles. The molecule has 0 N–H and O–H groups in total. The van der Waals surface area contributed by atoms with E-state index in [4.69, 9.17) is 0 Å². The molecule has 0 amide bonds. The quantitative estimate of drug-likeness (QED) is 0.433. The van der Waals surface area contributed by atoms with Crippen molar-refractivity contribution in [2.75, 3.05) is 0 Å². The van der Waals surface area contributed by atoms with Crippen molar-refractivity contribution in [2.24, 2.45) is 0 Å². The fourth-order valence-electron chi connectivity index (χ4n) is 0.665. The molecule has 0 unspecified atom stereocenters. The molecule has 0 aromatic heterocycles. The molecular weight excluding hydrogens is 148 g/mol. The van der Waals surface area contributed by atoms with Crippen molar-refractivity contribution < 1.29 is 4.79 Å². The van der Waals surface area contributed by atoms with Gasteiger partial charge in [0, 0.05) is 12.8 Å². The summed E-state index contributed by atoms with van der Waals surface area (Å²) in [6, 6.07) is 0. The zero-order valence-corrected chi connectivity index (χ0v) is 7.20. The number of rotatable bonds is 6. The normalized spacial score (nSPS) is 10.7. The van der Waals surface area contributed by atoms with Crippen molar-refractivity contribution in [1.82, 2.24) is 0 Å². The first kappa shape index (κ1) is 10.6. The van der Waals surface area contributed by atoms with Crippen molar-refractivity contribution >= 4 is 5.78 Å². The first-order valence-electron chi connectivity index (χ1n) is 3.88. The predicted octanol–water partition coefficient (Wildman–Crippen LogP) is 2.82. The number of hydrogen-bond acceptors (Lipinski definition) is 1. The molecule has 1 heteroatoms. The summed E-state index contributed by atoms with van der Waals surface area (Å²) in [5, 5.41) is 0. The van der Waals surface area contributed by atoms with Crippen molar-refractivity contribution in [3.8, 4) is 0 Å². The molecule has 0 radical (unpaired) electrons. The average Bonchev–Trinajstić information content (AvgIpc) is 2.05. The Morgan fingerprint density at radius 2 is 1.83 bits per heavy atom. The second-order valence-electron chi connectivity index (χ2n) is 2.28. The molecule has 0 heterocycles. The van der Waals surface area contributed by atoms with Crippen molar-refractivity contribution in [2.45, 2.75) is 12.8 Å².